The molecule has 0 saturated carbocycles. The Kier molecular flexibility index (Phi) is 4.06. The number of halogens is 6. The fourth-order valence-electron chi connectivity index (χ4n) is 1.93. The van der Waals surface area contributed by atoms with Gasteiger partial charge in [0.15, 0.2) is 5.75 Å². The third kappa shape index (κ3) is 3.43. The largest absolute Gasteiger partial charge is 0.455 e. The minimum absolute atomic E-state index is 0.0326. The molecule has 0 aromatic heterocycles. The Hall–Kier alpha value is -2.58. The first-order chi connectivity index (χ1) is 10.5. The van der Waals surface area contributed by atoms with Gasteiger partial charge in [0.05, 0.1) is 16.9 Å². The third-order valence-electron chi connectivity index (χ3n) is 2.93. The molecule has 0 aliphatic carbocycles. The van der Waals surface area contributed by atoms with Gasteiger partial charge in [0, 0.05) is 0 Å². The zero-order chi connectivity index (χ0) is 17.4. The number of nitrogen functional groups attached to an aromatic ring is 2. The Labute approximate surface area is 126 Å². The van der Waals surface area contributed by atoms with Crippen LogP contribution in [0.5, 0.6) is 11.5 Å². The molecular weight excluding hydrogens is 326 g/mol. The Bertz CT molecular complexity index is 710. The molecule has 0 heterocycles. The summed E-state index contributed by atoms with van der Waals surface area (Å²) in [5, 5.41) is 0. The standard InChI is InChI=1S/C14H10F6N2O/c15-13(16,17)8-6-9(23-7-4-2-1-3-5-7)12(22)10(11(8)21)14(18,19)20/h1-6H,21-22H2. The summed E-state index contributed by atoms with van der Waals surface area (Å²) in [7, 11) is 0. The lowest BCUT2D eigenvalue weighted by atomic mass is 10.0. The number of para-hydroxylation sites is 1. The molecule has 0 atom stereocenters. The van der Waals surface area contributed by atoms with Crippen LogP contribution in [0.4, 0.5) is 37.7 Å². The summed E-state index contributed by atoms with van der Waals surface area (Å²) < 4.78 is 82.9. The lowest BCUT2D eigenvalue weighted by molar-refractivity contribution is -0.141. The second kappa shape index (κ2) is 5.56. The number of anilines is 2. The van der Waals surface area contributed by atoms with Crippen molar-refractivity contribution in [2.24, 2.45) is 0 Å². The van der Waals surface area contributed by atoms with Crippen molar-refractivity contribution in [1.82, 2.24) is 0 Å². The van der Waals surface area contributed by atoms with Crippen molar-refractivity contribution >= 4 is 11.4 Å². The number of ether oxygens (including phenoxy) is 1. The van der Waals surface area contributed by atoms with Crippen molar-refractivity contribution in [3.63, 3.8) is 0 Å². The fourth-order valence-corrected chi connectivity index (χ4v) is 1.93. The molecule has 2 aromatic rings. The van der Waals surface area contributed by atoms with E-state index in [1.165, 1.54) is 24.3 Å². The van der Waals surface area contributed by atoms with Gasteiger partial charge in [-0.05, 0) is 18.2 Å². The van der Waals surface area contributed by atoms with Crippen molar-refractivity contribution < 1.29 is 31.1 Å². The molecule has 4 N–H and O–H groups in total. The van der Waals surface area contributed by atoms with Gasteiger partial charge in [0.1, 0.15) is 11.3 Å². The zero-order valence-electron chi connectivity index (χ0n) is 11.3. The Morgan fingerprint density at radius 1 is 0.783 bits per heavy atom. The van der Waals surface area contributed by atoms with E-state index in [1.807, 2.05) is 0 Å². The van der Waals surface area contributed by atoms with E-state index in [0.717, 1.165) is 0 Å². The summed E-state index contributed by atoms with van der Waals surface area (Å²) in [6.45, 7) is 0. The van der Waals surface area contributed by atoms with Crippen molar-refractivity contribution in [2.45, 2.75) is 12.4 Å². The van der Waals surface area contributed by atoms with Crippen LogP contribution in [0.3, 0.4) is 0 Å². The average molecular weight is 336 g/mol. The summed E-state index contributed by atoms with van der Waals surface area (Å²) in [5.74, 6) is -0.740. The Morgan fingerprint density at radius 2 is 1.35 bits per heavy atom. The highest BCUT2D eigenvalue weighted by Gasteiger charge is 2.43. The molecule has 0 aliphatic heterocycles. The smallest absolute Gasteiger partial charge is 0.420 e. The minimum atomic E-state index is -5.16. The van der Waals surface area contributed by atoms with Crippen molar-refractivity contribution in [2.75, 3.05) is 11.5 Å². The van der Waals surface area contributed by atoms with Gasteiger partial charge in [0.25, 0.3) is 0 Å². The number of nitrogens with two attached hydrogens (primary N) is 2. The first-order valence-electron chi connectivity index (χ1n) is 6.11. The van der Waals surface area contributed by atoms with Crippen LogP contribution in [0, 0.1) is 0 Å². The van der Waals surface area contributed by atoms with Crippen molar-refractivity contribution in [3.05, 3.63) is 47.5 Å². The van der Waals surface area contributed by atoms with Gasteiger partial charge in [-0.15, -0.1) is 0 Å². The van der Waals surface area contributed by atoms with E-state index in [1.54, 1.807) is 6.07 Å². The summed E-state index contributed by atoms with van der Waals surface area (Å²) in [6, 6.07) is 7.66. The second-order valence-corrected chi connectivity index (χ2v) is 4.54. The monoisotopic (exact) mass is 336 g/mol. The van der Waals surface area contributed by atoms with Crippen LogP contribution in [-0.4, -0.2) is 0 Å². The van der Waals surface area contributed by atoms with E-state index in [2.05, 4.69) is 0 Å². The highest BCUT2D eigenvalue weighted by Crippen LogP contribution is 2.48. The van der Waals surface area contributed by atoms with Gasteiger partial charge in [-0.1, -0.05) is 18.2 Å². The number of alkyl halides is 6. The summed E-state index contributed by atoms with van der Waals surface area (Å²) in [6.07, 6.45) is -10.3. The summed E-state index contributed by atoms with van der Waals surface area (Å²) >= 11 is 0. The molecule has 0 amide bonds. The van der Waals surface area contributed by atoms with Crippen LogP contribution in [-0.2, 0) is 12.4 Å². The lowest BCUT2D eigenvalue weighted by Crippen LogP contribution is -2.18. The lowest BCUT2D eigenvalue weighted by Gasteiger charge is -2.20. The molecule has 0 radical (unpaired) electrons. The maximum absolute atomic E-state index is 13.0. The van der Waals surface area contributed by atoms with Gasteiger partial charge < -0.3 is 16.2 Å². The number of rotatable bonds is 2. The first-order valence-corrected chi connectivity index (χ1v) is 6.11. The zero-order valence-corrected chi connectivity index (χ0v) is 11.3. The van der Waals surface area contributed by atoms with Gasteiger partial charge in [0.2, 0.25) is 0 Å². The molecule has 0 fully saturated rings. The van der Waals surface area contributed by atoms with E-state index < -0.39 is 40.6 Å². The van der Waals surface area contributed by atoms with E-state index >= 15 is 0 Å². The fraction of sp³-hybridized carbons (Fsp3) is 0.143. The molecule has 0 saturated heterocycles. The van der Waals surface area contributed by atoms with Gasteiger partial charge in [-0.3, -0.25) is 0 Å². The molecule has 124 valence electrons. The highest BCUT2D eigenvalue weighted by molar-refractivity contribution is 5.74. The molecule has 0 aliphatic rings. The SMILES string of the molecule is Nc1c(Oc2ccccc2)cc(C(F)(F)F)c(N)c1C(F)(F)F. The van der Waals surface area contributed by atoms with Crippen LogP contribution in [0.2, 0.25) is 0 Å². The van der Waals surface area contributed by atoms with Gasteiger partial charge in [-0.25, -0.2) is 0 Å². The molecule has 2 aromatic carbocycles. The number of hydrogen-bond acceptors (Lipinski definition) is 3. The third-order valence-corrected chi connectivity index (χ3v) is 2.93. The normalized spacial score (nSPS) is 12.3. The van der Waals surface area contributed by atoms with E-state index in [-0.39, 0.29) is 5.75 Å². The van der Waals surface area contributed by atoms with E-state index in [4.69, 9.17) is 16.2 Å². The summed E-state index contributed by atoms with van der Waals surface area (Å²) in [4.78, 5) is 0. The summed E-state index contributed by atoms with van der Waals surface area (Å²) in [5.41, 5.74) is 4.46. The maximum atomic E-state index is 13.0. The Morgan fingerprint density at radius 3 is 1.83 bits per heavy atom. The number of hydrogen-bond donors (Lipinski definition) is 2. The molecule has 23 heavy (non-hydrogen) atoms. The van der Waals surface area contributed by atoms with E-state index in [9.17, 15) is 26.3 Å². The predicted molar refractivity (Wildman–Crippen MR) is 71.8 cm³/mol. The quantitative estimate of drug-likeness (QED) is 0.618. The maximum Gasteiger partial charge on any atom is 0.420 e. The molecule has 0 unspecified atom stereocenters. The van der Waals surface area contributed by atoms with Crippen LogP contribution in [0.15, 0.2) is 36.4 Å². The molecule has 3 nitrogen and oxygen atoms in total. The molecule has 0 spiro atoms. The Balaban J connectivity index is 2.67. The average Bonchev–Trinajstić information content (AvgIpc) is 2.40. The minimum Gasteiger partial charge on any atom is -0.455 e. The van der Waals surface area contributed by atoms with Crippen molar-refractivity contribution in [1.29, 1.82) is 0 Å². The van der Waals surface area contributed by atoms with Gasteiger partial charge >= 0.3 is 12.4 Å². The van der Waals surface area contributed by atoms with E-state index in [0.29, 0.717) is 6.07 Å². The van der Waals surface area contributed by atoms with Crippen LogP contribution in [0.1, 0.15) is 11.1 Å². The molecule has 2 rings (SSSR count). The predicted octanol–water partition coefficient (Wildman–Crippen LogP) is 4.68. The van der Waals surface area contributed by atoms with Gasteiger partial charge in [-0.2, -0.15) is 26.3 Å². The first kappa shape index (κ1) is 16.8. The highest BCUT2D eigenvalue weighted by atomic mass is 19.4. The van der Waals surface area contributed by atoms with Crippen LogP contribution < -0.4 is 16.2 Å². The second-order valence-electron chi connectivity index (χ2n) is 4.54. The topological polar surface area (TPSA) is 61.3 Å². The van der Waals surface area contributed by atoms with Crippen molar-refractivity contribution in [3.8, 4) is 11.5 Å². The molecular formula is C14H10F6N2O. The molecule has 0 bridgehead atoms. The van der Waals surface area contributed by atoms with Crippen LogP contribution in [0.25, 0.3) is 0 Å². The molecule has 9 heteroatoms. The van der Waals surface area contributed by atoms with Crippen LogP contribution >= 0.6 is 0 Å². The number of benzene rings is 2.